The van der Waals surface area contributed by atoms with E-state index in [1.165, 1.54) is 4.68 Å². The van der Waals surface area contributed by atoms with Crippen LogP contribution in [-0.4, -0.2) is 26.8 Å². The number of hydrogen-bond donors (Lipinski definition) is 1. The summed E-state index contributed by atoms with van der Waals surface area (Å²) in [6.07, 6.45) is 0.275. The van der Waals surface area contributed by atoms with Crippen molar-refractivity contribution in [2.75, 3.05) is 0 Å². The molecule has 2 rings (SSSR count). The van der Waals surface area contributed by atoms with E-state index in [4.69, 9.17) is 5.73 Å². The largest absolute Gasteiger partial charge is 0.364 e. The van der Waals surface area contributed by atoms with Crippen LogP contribution in [0.3, 0.4) is 0 Å². The first kappa shape index (κ1) is 11.9. The molecule has 1 saturated carbocycles. The van der Waals surface area contributed by atoms with E-state index in [9.17, 15) is 13.6 Å². The van der Waals surface area contributed by atoms with Crippen LogP contribution in [-0.2, 0) is 7.05 Å². The Kier molecular flexibility index (Phi) is 2.84. The zero-order valence-corrected chi connectivity index (χ0v) is 9.49. The topological polar surface area (TPSA) is 73.8 Å². The molecule has 0 saturated heterocycles. The van der Waals surface area contributed by atoms with Crippen LogP contribution in [0.2, 0.25) is 0 Å². The van der Waals surface area contributed by atoms with Gasteiger partial charge < -0.3 is 5.73 Å². The van der Waals surface area contributed by atoms with Crippen LogP contribution in [0, 0.1) is 0 Å². The summed E-state index contributed by atoms with van der Waals surface area (Å²) < 4.78 is 27.3. The fraction of sp³-hybridized carbons (Fsp3) is 0.700. The van der Waals surface area contributed by atoms with Crippen LogP contribution in [0.25, 0.3) is 0 Å². The Hall–Kier alpha value is -1.53. The number of aromatic nitrogens is 3. The summed E-state index contributed by atoms with van der Waals surface area (Å²) in [5.41, 5.74) is 5.91. The lowest BCUT2D eigenvalue weighted by molar-refractivity contribution is -0.0385. The average Bonchev–Trinajstić information content (AvgIpc) is 2.60. The Balaban J connectivity index is 2.22. The number of halogens is 2. The number of primary amides is 1. The molecule has 1 fully saturated rings. The second-order valence-electron chi connectivity index (χ2n) is 4.44. The van der Waals surface area contributed by atoms with Gasteiger partial charge in [-0.3, -0.25) is 4.79 Å². The van der Waals surface area contributed by atoms with Gasteiger partial charge in [-0.25, -0.2) is 13.5 Å². The lowest BCUT2D eigenvalue weighted by Gasteiger charge is -2.27. The lowest BCUT2D eigenvalue weighted by atomic mass is 9.84. The van der Waals surface area contributed by atoms with Crippen LogP contribution >= 0.6 is 0 Å². The summed E-state index contributed by atoms with van der Waals surface area (Å²) in [5.74, 6) is -3.36. The Bertz CT molecular complexity index is 434. The van der Waals surface area contributed by atoms with E-state index in [1.807, 2.05) is 0 Å². The number of carbonyl (C=O) groups is 1. The monoisotopic (exact) mass is 244 g/mol. The molecule has 1 aromatic rings. The summed E-state index contributed by atoms with van der Waals surface area (Å²) >= 11 is 0. The zero-order chi connectivity index (χ0) is 12.6. The van der Waals surface area contributed by atoms with Gasteiger partial charge in [-0.1, -0.05) is 5.21 Å². The number of nitrogens with two attached hydrogens (primary N) is 1. The summed E-state index contributed by atoms with van der Waals surface area (Å²) in [4.78, 5) is 11.2. The molecule has 5 nitrogen and oxygen atoms in total. The number of rotatable bonds is 2. The predicted molar refractivity (Wildman–Crippen MR) is 55.7 cm³/mol. The number of carbonyl (C=O) groups excluding carboxylic acids is 1. The van der Waals surface area contributed by atoms with Gasteiger partial charge in [0.15, 0.2) is 0 Å². The molecule has 7 heteroatoms. The molecule has 94 valence electrons. The molecular formula is C10H14F2N4O. The second kappa shape index (κ2) is 4.05. The number of amides is 1. The third kappa shape index (κ3) is 2.27. The van der Waals surface area contributed by atoms with Crippen molar-refractivity contribution in [3.63, 3.8) is 0 Å². The Morgan fingerprint density at radius 3 is 2.59 bits per heavy atom. The summed E-state index contributed by atoms with van der Waals surface area (Å²) in [6, 6.07) is 0. The van der Waals surface area contributed by atoms with Crippen molar-refractivity contribution in [3.8, 4) is 0 Å². The highest BCUT2D eigenvalue weighted by Gasteiger charge is 2.37. The van der Waals surface area contributed by atoms with Gasteiger partial charge in [0.25, 0.3) is 5.91 Å². The van der Waals surface area contributed by atoms with E-state index in [0.29, 0.717) is 18.5 Å². The lowest BCUT2D eigenvalue weighted by Crippen LogP contribution is -2.26. The molecule has 0 unspecified atom stereocenters. The summed E-state index contributed by atoms with van der Waals surface area (Å²) in [6.45, 7) is 0. The molecule has 2 N–H and O–H groups in total. The first-order valence-corrected chi connectivity index (χ1v) is 5.48. The van der Waals surface area contributed by atoms with E-state index < -0.39 is 11.8 Å². The van der Waals surface area contributed by atoms with Gasteiger partial charge in [0.05, 0.1) is 5.69 Å². The van der Waals surface area contributed by atoms with Crippen molar-refractivity contribution in [1.29, 1.82) is 0 Å². The average molecular weight is 244 g/mol. The molecule has 0 aliphatic heterocycles. The minimum atomic E-state index is -2.59. The number of alkyl halides is 2. The quantitative estimate of drug-likeness (QED) is 0.849. The molecule has 0 radical (unpaired) electrons. The molecule has 0 atom stereocenters. The molecule has 0 bridgehead atoms. The second-order valence-corrected chi connectivity index (χ2v) is 4.44. The van der Waals surface area contributed by atoms with E-state index in [0.717, 1.165) is 0 Å². The number of hydrogen-bond acceptors (Lipinski definition) is 3. The summed E-state index contributed by atoms with van der Waals surface area (Å²) in [7, 11) is 1.56. The van der Waals surface area contributed by atoms with Crippen LogP contribution in [0.5, 0.6) is 0 Å². The van der Waals surface area contributed by atoms with Crippen LogP contribution in [0.15, 0.2) is 0 Å². The van der Waals surface area contributed by atoms with Gasteiger partial charge in [-0.15, -0.1) is 5.10 Å². The predicted octanol–water partition coefficient (Wildman–Crippen LogP) is 1.21. The highest BCUT2D eigenvalue weighted by molar-refractivity contribution is 5.92. The minimum Gasteiger partial charge on any atom is -0.364 e. The maximum Gasteiger partial charge on any atom is 0.268 e. The van der Waals surface area contributed by atoms with E-state index >= 15 is 0 Å². The molecular weight excluding hydrogens is 230 g/mol. The summed E-state index contributed by atoms with van der Waals surface area (Å²) in [5, 5.41) is 7.60. The van der Waals surface area contributed by atoms with Crippen molar-refractivity contribution in [2.24, 2.45) is 12.8 Å². The maximum absolute atomic E-state index is 13.0. The highest BCUT2D eigenvalue weighted by atomic mass is 19.3. The van der Waals surface area contributed by atoms with E-state index in [1.54, 1.807) is 7.05 Å². The van der Waals surface area contributed by atoms with Crippen LogP contribution in [0.4, 0.5) is 8.78 Å². The molecule has 17 heavy (non-hydrogen) atoms. The normalized spacial score (nSPS) is 20.4. The molecule has 0 spiro atoms. The minimum absolute atomic E-state index is 0.147. The molecule has 1 aliphatic rings. The van der Waals surface area contributed by atoms with Crippen molar-refractivity contribution < 1.29 is 13.6 Å². The smallest absolute Gasteiger partial charge is 0.268 e. The first-order valence-electron chi connectivity index (χ1n) is 5.48. The Labute approximate surface area is 97.0 Å². The van der Waals surface area contributed by atoms with Crippen molar-refractivity contribution in [1.82, 2.24) is 15.0 Å². The Morgan fingerprint density at radius 2 is 2.06 bits per heavy atom. The SMILES string of the molecule is Cn1nnc(C2CCC(F)(F)CC2)c1C(N)=O. The van der Waals surface area contributed by atoms with Crippen molar-refractivity contribution in [2.45, 2.75) is 37.5 Å². The molecule has 0 aromatic carbocycles. The van der Waals surface area contributed by atoms with Gasteiger partial charge in [0.2, 0.25) is 5.92 Å². The van der Waals surface area contributed by atoms with Gasteiger partial charge in [0, 0.05) is 25.8 Å². The molecule has 1 aromatic heterocycles. The number of aryl methyl sites for hydroxylation is 1. The third-order valence-corrected chi connectivity index (χ3v) is 3.19. The van der Waals surface area contributed by atoms with Crippen LogP contribution < -0.4 is 5.73 Å². The highest BCUT2D eigenvalue weighted by Crippen LogP contribution is 2.40. The fourth-order valence-corrected chi connectivity index (χ4v) is 2.25. The molecule has 1 heterocycles. The van der Waals surface area contributed by atoms with Gasteiger partial charge in [0.1, 0.15) is 5.69 Å². The van der Waals surface area contributed by atoms with Gasteiger partial charge >= 0.3 is 0 Å². The molecule has 1 aliphatic carbocycles. The fourth-order valence-electron chi connectivity index (χ4n) is 2.25. The number of nitrogens with zero attached hydrogens (tertiary/aromatic N) is 3. The van der Waals surface area contributed by atoms with E-state index in [-0.39, 0.29) is 24.5 Å². The van der Waals surface area contributed by atoms with Gasteiger partial charge in [-0.2, -0.15) is 0 Å². The first-order chi connectivity index (χ1) is 7.91. The zero-order valence-electron chi connectivity index (χ0n) is 9.49. The van der Waals surface area contributed by atoms with E-state index in [2.05, 4.69) is 10.3 Å². The van der Waals surface area contributed by atoms with Crippen molar-refractivity contribution >= 4 is 5.91 Å². The molecule has 1 amide bonds. The van der Waals surface area contributed by atoms with Gasteiger partial charge in [-0.05, 0) is 12.8 Å². The third-order valence-electron chi connectivity index (χ3n) is 3.19. The Morgan fingerprint density at radius 1 is 1.47 bits per heavy atom. The van der Waals surface area contributed by atoms with Crippen molar-refractivity contribution in [3.05, 3.63) is 11.4 Å². The van der Waals surface area contributed by atoms with Crippen LogP contribution in [0.1, 0.15) is 47.8 Å². The standard InChI is InChI=1S/C10H14F2N4O/c1-16-8(9(13)17)7(14-15-16)6-2-4-10(11,12)5-3-6/h6H,2-5H2,1H3,(H2,13,17). The maximum atomic E-state index is 13.0.